The van der Waals surface area contributed by atoms with Crippen LogP contribution in [0.25, 0.3) is 0 Å². The van der Waals surface area contributed by atoms with Crippen molar-refractivity contribution in [2.75, 3.05) is 0 Å². The predicted molar refractivity (Wildman–Crippen MR) is 108 cm³/mol. The number of aryl methyl sites for hydroxylation is 2. The summed E-state index contributed by atoms with van der Waals surface area (Å²) in [4.78, 5) is 7.98. The normalized spacial score (nSPS) is 12.3. The number of rotatable bonds is 6. The van der Waals surface area contributed by atoms with Gasteiger partial charge in [-0.15, -0.1) is 0 Å². The van der Waals surface area contributed by atoms with Gasteiger partial charge >= 0.3 is 0 Å². The fourth-order valence-electron chi connectivity index (χ4n) is 3.00. The minimum absolute atomic E-state index is 0.000411. The first-order valence-corrected chi connectivity index (χ1v) is 10.7. The van der Waals surface area contributed by atoms with Crippen molar-refractivity contribution in [3.63, 3.8) is 0 Å². The van der Waals surface area contributed by atoms with Gasteiger partial charge in [-0.2, -0.15) is 0 Å². The van der Waals surface area contributed by atoms with Crippen LogP contribution in [-0.2, 0) is 28.1 Å². The highest BCUT2D eigenvalue weighted by atomic mass is 32.2. The van der Waals surface area contributed by atoms with E-state index in [1.54, 1.807) is 30.5 Å². The molecule has 0 spiro atoms. The highest BCUT2D eigenvalue weighted by molar-refractivity contribution is 7.91. The molecule has 142 valence electrons. The zero-order valence-electron chi connectivity index (χ0n) is 16.1. The Labute approximate surface area is 161 Å². The average Bonchev–Trinajstić information content (AvgIpc) is 3.15. The van der Waals surface area contributed by atoms with Crippen LogP contribution in [0, 0.1) is 0 Å². The molecule has 0 aliphatic heterocycles. The van der Waals surface area contributed by atoms with E-state index < -0.39 is 9.84 Å². The molecule has 0 radical (unpaired) electrons. The van der Waals surface area contributed by atoms with E-state index in [4.69, 9.17) is 0 Å². The maximum Gasteiger partial charge on any atom is 0.206 e. The monoisotopic (exact) mass is 382 g/mol. The maximum absolute atomic E-state index is 12.9. The third kappa shape index (κ3) is 4.66. The Kier molecular flexibility index (Phi) is 5.51. The molecule has 1 heterocycles. The van der Waals surface area contributed by atoms with Gasteiger partial charge < -0.3 is 4.98 Å². The summed E-state index contributed by atoms with van der Waals surface area (Å²) in [5.74, 6) is 0.980. The SMILES string of the molecule is CC(C)(C)c1ccc(S(=O)(=O)c2ccc(CCCc3ncc[nH]3)cc2)cc1. The van der Waals surface area contributed by atoms with Crippen LogP contribution in [0.15, 0.2) is 70.7 Å². The minimum atomic E-state index is -3.49. The molecule has 1 aromatic heterocycles. The van der Waals surface area contributed by atoms with Gasteiger partial charge in [0, 0.05) is 18.8 Å². The molecule has 1 N–H and O–H groups in total. The minimum Gasteiger partial charge on any atom is -0.349 e. The summed E-state index contributed by atoms with van der Waals surface area (Å²) in [6, 6.07) is 14.4. The Bertz CT molecular complexity index is 966. The number of hydrogen-bond donors (Lipinski definition) is 1. The molecule has 0 atom stereocenters. The molecule has 0 amide bonds. The number of H-pyrrole nitrogens is 1. The molecular weight excluding hydrogens is 356 g/mol. The molecule has 3 rings (SSSR count). The summed E-state index contributed by atoms with van der Waals surface area (Å²) >= 11 is 0. The molecule has 27 heavy (non-hydrogen) atoms. The van der Waals surface area contributed by atoms with E-state index in [1.807, 2.05) is 30.5 Å². The summed E-state index contributed by atoms with van der Waals surface area (Å²) in [7, 11) is -3.49. The van der Waals surface area contributed by atoms with Crippen LogP contribution in [0.4, 0.5) is 0 Å². The average molecular weight is 383 g/mol. The number of hydrogen-bond acceptors (Lipinski definition) is 3. The summed E-state index contributed by atoms with van der Waals surface area (Å²) < 4.78 is 25.7. The third-order valence-electron chi connectivity index (χ3n) is 4.70. The fraction of sp³-hybridized carbons (Fsp3) is 0.318. The van der Waals surface area contributed by atoms with Crippen molar-refractivity contribution in [3.05, 3.63) is 77.9 Å². The Morgan fingerprint density at radius 2 is 1.48 bits per heavy atom. The van der Waals surface area contributed by atoms with E-state index >= 15 is 0 Å². The van der Waals surface area contributed by atoms with Gasteiger partial charge in [-0.05, 0) is 53.6 Å². The first-order chi connectivity index (χ1) is 12.8. The molecule has 0 saturated heterocycles. The number of nitrogens with zero attached hydrogens (tertiary/aromatic N) is 1. The van der Waals surface area contributed by atoms with Crippen molar-refractivity contribution in [2.45, 2.75) is 55.2 Å². The zero-order valence-corrected chi connectivity index (χ0v) is 16.9. The van der Waals surface area contributed by atoms with Crippen LogP contribution in [0.1, 0.15) is 44.1 Å². The quantitative estimate of drug-likeness (QED) is 0.671. The van der Waals surface area contributed by atoms with Crippen molar-refractivity contribution in [1.29, 1.82) is 0 Å². The first-order valence-electron chi connectivity index (χ1n) is 9.20. The highest BCUT2D eigenvalue weighted by Gasteiger charge is 2.19. The molecule has 0 fully saturated rings. The lowest BCUT2D eigenvalue weighted by Gasteiger charge is -2.19. The second-order valence-electron chi connectivity index (χ2n) is 7.81. The Hall–Kier alpha value is -2.40. The Morgan fingerprint density at radius 3 is 2.00 bits per heavy atom. The van der Waals surface area contributed by atoms with Crippen molar-refractivity contribution >= 4 is 9.84 Å². The molecule has 5 heteroatoms. The number of imidazole rings is 1. The number of aromatic amines is 1. The molecule has 0 aliphatic carbocycles. The lowest BCUT2D eigenvalue weighted by atomic mass is 9.87. The highest BCUT2D eigenvalue weighted by Crippen LogP contribution is 2.26. The van der Waals surface area contributed by atoms with E-state index in [-0.39, 0.29) is 5.41 Å². The maximum atomic E-state index is 12.9. The van der Waals surface area contributed by atoms with Gasteiger partial charge in [0.2, 0.25) is 9.84 Å². The van der Waals surface area contributed by atoms with Gasteiger partial charge in [-0.1, -0.05) is 45.0 Å². The standard InChI is InChI=1S/C22H26N2O2S/c1-22(2,3)18-9-13-20(14-10-18)27(25,26)19-11-7-17(8-12-19)5-4-6-21-23-15-16-24-21/h7-16H,4-6H2,1-3H3,(H,23,24). The summed E-state index contributed by atoms with van der Waals surface area (Å²) in [5.41, 5.74) is 2.25. The number of sulfone groups is 1. The molecular formula is C22H26N2O2S. The summed E-state index contributed by atoms with van der Waals surface area (Å²) in [6.07, 6.45) is 6.31. The van der Waals surface area contributed by atoms with Crippen LogP contribution in [0.2, 0.25) is 0 Å². The first kappa shape index (κ1) is 19.4. The largest absolute Gasteiger partial charge is 0.349 e. The molecule has 0 aliphatic rings. The van der Waals surface area contributed by atoms with Crippen molar-refractivity contribution in [3.8, 4) is 0 Å². The van der Waals surface area contributed by atoms with E-state index in [2.05, 4.69) is 30.7 Å². The van der Waals surface area contributed by atoms with Crippen LogP contribution < -0.4 is 0 Å². The lowest BCUT2D eigenvalue weighted by Crippen LogP contribution is -2.11. The third-order valence-corrected chi connectivity index (χ3v) is 6.48. The second kappa shape index (κ2) is 7.69. The van der Waals surface area contributed by atoms with Crippen LogP contribution in [-0.4, -0.2) is 18.4 Å². The molecule has 3 aromatic rings. The molecule has 2 aromatic carbocycles. The van der Waals surface area contributed by atoms with Crippen molar-refractivity contribution in [2.24, 2.45) is 0 Å². The molecule has 4 nitrogen and oxygen atoms in total. The van der Waals surface area contributed by atoms with Gasteiger partial charge in [-0.25, -0.2) is 13.4 Å². The lowest BCUT2D eigenvalue weighted by molar-refractivity contribution is 0.586. The number of benzene rings is 2. The van der Waals surface area contributed by atoms with Crippen molar-refractivity contribution < 1.29 is 8.42 Å². The smallest absolute Gasteiger partial charge is 0.206 e. The van der Waals surface area contributed by atoms with Gasteiger partial charge in [-0.3, -0.25) is 0 Å². The number of nitrogens with one attached hydrogen (secondary N) is 1. The van der Waals surface area contributed by atoms with E-state index in [0.29, 0.717) is 9.79 Å². The Morgan fingerprint density at radius 1 is 0.889 bits per heavy atom. The van der Waals surface area contributed by atoms with Crippen molar-refractivity contribution in [1.82, 2.24) is 9.97 Å². The molecule has 0 unspecified atom stereocenters. The topological polar surface area (TPSA) is 62.8 Å². The Balaban J connectivity index is 1.69. The molecule has 0 saturated carbocycles. The van der Waals surface area contributed by atoms with Gasteiger partial charge in [0.25, 0.3) is 0 Å². The zero-order chi connectivity index (χ0) is 19.5. The fourth-order valence-corrected chi connectivity index (χ4v) is 4.26. The van der Waals surface area contributed by atoms with Crippen LogP contribution in [0.5, 0.6) is 0 Å². The van der Waals surface area contributed by atoms with Gasteiger partial charge in [0.15, 0.2) is 0 Å². The predicted octanol–water partition coefficient (Wildman–Crippen LogP) is 4.72. The van der Waals surface area contributed by atoms with E-state index in [1.165, 1.54) is 0 Å². The van der Waals surface area contributed by atoms with Gasteiger partial charge in [0.1, 0.15) is 5.82 Å². The van der Waals surface area contributed by atoms with Crippen LogP contribution >= 0.6 is 0 Å². The van der Waals surface area contributed by atoms with Crippen LogP contribution in [0.3, 0.4) is 0 Å². The summed E-state index contributed by atoms with van der Waals surface area (Å²) in [6.45, 7) is 6.34. The van der Waals surface area contributed by atoms with Gasteiger partial charge in [0.05, 0.1) is 9.79 Å². The molecule has 0 bridgehead atoms. The van der Waals surface area contributed by atoms with E-state index in [0.717, 1.165) is 36.2 Å². The van der Waals surface area contributed by atoms with E-state index in [9.17, 15) is 8.42 Å². The number of aromatic nitrogens is 2. The second-order valence-corrected chi connectivity index (χ2v) is 9.76. The summed E-state index contributed by atoms with van der Waals surface area (Å²) in [5, 5.41) is 0.